The topological polar surface area (TPSA) is 45.4 Å². The standard InChI is InChI=1S/C11H20N4S/c1-8-10(6-12)16-11(13-8)9-7-14(2)4-5-15(9)3/h9H,4-7,12H2,1-3H3. The van der Waals surface area contributed by atoms with Crippen LogP contribution in [0.25, 0.3) is 0 Å². The lowest BCUT2D eigenvalue weighted by atomic mass is 10.2. The van der Waals surface area contributed by atoms with Gasteiger partial charge in [0, 0.05) is 31.1 Å². The Balaban J connectivity index is 2.21. The van der Waals surface area contributed by atoms with Gasteiger partial charge in [0.2, 0.25) is 0 Å². The predicted molar refractivity (Wildman–Crippen MR) is 67.6 cm³/mol. The van der Waals surface area contributed by atoms with Crippen LogP contribution in [0.2, 0.25) is 0 Å². The van der Waals surface area contributed by atoms with Gasteiger partial charge in [-0.2, -0.15) is 0 Å². The van der Waals surface area contributed by atoms with Crippen LogP contribution in [0, 0.1) is 6.92 Å². The fourth-order valence-corrected chi connectivity index (χ4v) is 3.16. The molecule has 16 heavy (non-hydrogen) atoms. The summed E-state index contributed by atoms with van der Waals surface area (Å²) >= 11 is 1.77. The molecule has 2 rings (SSSR count). The minimum absolute atomic E-state index is 0.433. The molecule has 1 aromatic rings. The zero-order valence-corrected chi connectivity index (χ0v) is 11.0. The Morgan fingerprint density at radius 1 is 1.44 bits per heavy atom. The molecule has 1 unspecified atom stereocenters. The second-order valence-electron chi connectivity index (χ2n) is 4.52. The minimum atomic E-state index is 0.433. The van der Waals surface area contributed by atoms with Crippen molar-refractivity contribution >= 4 is 11.3 Å². The van der Waals surface area contributed by atoms with E-state index in [0.717, 1.165) is 25.3 Å². The molecule has 1 fully saturated rings. The highest BCUT2D eigenvalue weighted by Crippen LogP contribution is 2.28. The Bertz CT molecular complexity index is 363. The third-order valence-electron chi connectivity index (χ3n) is 3.23. The van der Waals surface area contributed by atoms with E-state index in [4.69, 9.17) is 5.73 Å². The molecule has 0 saturated carbocycles. The van der Waals surface area contributed by atoms with Crippen molar-refractivity contribution in [3.8, 4) is 0 Å². The van der Waals surface area contributed by atoms with Crippen LogP contribution in [-0.2, 0) is 6.54 Å². The highest BCUT2D eigenvalue weighted by Gasteiger charge is 2.26. The summed E-state index contributed by atoms with van der Waals surface area (Å²) < 4.78 is 0. The van der Waals surface area contributed by atoms with Crippen LogP contribution < -0.4 is 5.73 Å². The Morgan fingerprint density at radius 2 is 2.19 bits per heavy atom. The lowest BCUT2D eigenvalue weighted by molar-refractivity contribution is 0.115. The molecule has 1 saturated heterocycles. The number of aromatic nitrogens is 1. The molecule has 2 heterocycles. The largest absolute Gasteiger partial charge is 0.326 e. The van der Waals surface area contributed by atoms with Crippen LogP contribution in [0.1, 0.15) is 21.6 Å². The first-order valence-corrected chi connectivity index (χ1v) is 6.48. The molecule has 1 aliphatic rings. The predicted octanol–water partition coefficient (Wildman–Crippen LogP) is 0.829. The first kappa shape index (κ1) is 12.0. The van der Waals surface area contributed by atoms with Crippen molar-refractivity contribution in [3.05, 3.63) is 15.6 Å². The summed E-state index contributed by atoms with van der Waals surface area (Å²) in [6, 6.07) is 0.433. The Kier molecular flexibility index (Phi) is 3.59. The van der Waals surface area contributed by atoms with E-state index in [1.807, 2.05) is 0 Å². The molecule has 90 valence electrons. The molecular weight excluding hydrogens is 220 g/mol. The van der Waals surface area contributed by atoms with Gasteiger partial charge in [0.15, 0.2) is 0 Å². The van der Waals surface area contributed by atoms with E-state index in [-0.39, 0.29) is 0 Å². The van der Waals surface area contributed by atoms with Gasteiger partial charge in [-0.05, 0) is 21.0 Å². The van der Waals surface area contributed by atoms with Crippen LogP contribution in [-0.4, -0.2) is 48.5 Å². The second kappa shape index (κ2) is 4.79. The lowest BCUT2D eigenvalue weighted by Gasteiger charge is -2.36. The van der Waals surface area contributed by atoms with Crippen LogP contribution in [0.3, 0.4) is 0 Å². The van der Waals surface area contributed by atoms with E-state index in [2.05, 4.69) is 35.8 Å². The summed E-state index contributed by atoms with van der Waals surface area (Å²) in [5.74, 6) is 0. The molecule has 0 amide bonds. The van der Waals surface area contributed by atoms with E-state index in [0.29, 0.717) is 12.6 Å². The fourth-order valence-electron chi connectivity index (χ4n) is 2.06. The second-order valence-corrected chi connectivity index (χ2v) is 5.64. The van der Waals surface area contributed by atoms with E-state index < -0.39 is 0 Å². The van der Waals surface area contributed by atoms with E-state index in [9.17, 15) is 0 Å². The minimum Gasteiger partial charge on any atom is -0.326 e. The van der Waals surface area contributed by atoms with Crippen molar-refractivity contribution in [2.45, 2.75) is 19.5 Å². The first-order valence-electron chi connectivity index (χ1n) is 5.67. The van der Waals surface area contributed by atoms with Gasteiger partial charge in [0.25, 0.3) is 0 Å². The molecule has 1 aromatic heterocycles. The zero-order chi connectivity index (χ0) is 11.7. The number of piperazine rings is 1. The lowest BCUT2D eigenvalue weighted by Crippen LogP contribution is -2.44. The third kappa shape index (κ3) is 2.27. The van der Waals surface area contributed by atoms with Crippen LogP contribution in [0.15, 0.2) is 0 Å². The smallest absolute Gasteiger partial charge is 0.112 e. The van der Waals surface area contributed by atoms with Crippen LogP contribution >= 0.6 is 11.3 Å². The van der Waals surface area contributed by atoms with E-state index in [1.54, 1.807) is 11.3 Å². The Labute approximate surface area is 101 Å². The normalized spacial score (nSPS) is 23.9. The summed E-state index contributed by atoms with van der Waals surface area (Å²) in [7, 11) is 4.35. The average molecular weight is 240 g/mol. The maximum atomic E-state index is 5.70. The van der Waals surface area contributed by atoms with Gasteiger partial charge in [0.05, 0.1) is 11.7 Å². The average Bonchev–Trinajstić information content (AvgIpc) is 2.63. The van der Waals surface area contributed by atoms with Gasteiger partial charge >= 0.3 is 0 Å². The van der Waals surface area contributed by atoms with Gasteiger partial charge in [-0.25, -0.2) is 4.98 Å². The summed E-state index contributed by atoms with van der Waals surface area (Å²) in [6.07, 6.45) is 0. The van der Waals surface area contributed by atoms with Gasteiger partial charge in [-0.3, -0.25) is 4.90 Å². The zero-order valence-electron chi connectivity index (χ0n) is 10.2. The van der Waals surface area contributed by atoms with Gasteiger partial charge in [-0.1, -0.05) is 0 Å². The quantitative estimate of drug-likeness (QED) is 0.831. The molecule has 0 radical (unpaired) electrons. The molecule has 0 spiro atoms. The number of thiazole rings is 1. The molecule has 2 N–H and O–H groups in total. The fraction of sp³-hybridized carbons (Fsp3) is 0.727. The van der Waals surface area contributed by atoms with Crippen LogP contribution in [0.4, 0.5) is 0 Å². The molecule has 4 nitrogen and oxygen atoms in total. The first-order chi connectivity index (χ1) is 7.61. The molecule has 0 aliphatic carbocycles. The van der Waals surface area contributed by atoms with E-state index >= 15 is 0 Å². The molecule has 1 aliphatic heterocycles. The summed E-state index contributed by atoms with van der Waals surface area (Å²) in [5.41, 5.74) is 6.80. The summed E-state index contributed by atoms with van der Waals surface area (Å²) in [6.45, 7) is 5.97. The number of aryl methyl sites for hydroxylation is 1. The van der Waals surface area contributed by atoms with Gasteiger partial charge < -0.3 is 10.6 Å². The summed E-state index contributed by atoms with van der Waals surface area (Å²) in [5, 5.41) is 1.21. The Hall–Kier alpha value is -0.490. The van der Waals surface area contributed by atoms with Crippen molar-refractivity contribution in [1.82, 2.24) is 14.8 Å². The molecule has 5 heteroatoms. The van der Waals surface area contributed by atoms with Crippen molar-refractivity contribution in [2.24, 2.45) is 5.73 Å². The summed E-state index contributed by atoms with van der Waals surface area (Å²) in [4.78, 5) is 10.6. The maximum Gasteiger partial charge on any atom is 0.112 e. The Morgan fingerprint density at radius 3 is 2.81 bits per heavy atom. The number of rotatable bonds is 2. The van der Waals surface area contributed by atoms with Crippen molar-refractivity contribution in [2.75, 3.05) is 33.7 Å². The van der Waals surface area contributed by atoms with Gasteiger partial charge in [-0.15, -0.1) is 11.3 Å². The number of hydrogen-bond donors (Lipinski definition) is 1. The number of nitrogens with zero attached hydrogens (tertiary/aromatic N) is 3. The monoisotopic (exact) mass is 240 g/mol. The molecular formula is C11H20N4S. The molecule has 0 bridgehead atoms. The number of likely N-dealkylation sites (N-methyl/N-ethyl adjacent to an activating group) is 2. The molecule has 0 aromatic carbocycles. The van der Waals surface area contributed by atoms with Crippen molar-refractivity contribution in [3.63, 3.8) is 0 Å². The number of nitrogens with two attached hydrogens (primary N) is 1. The van der Waals surface area contributed by atoms with Crippen molar-refractivity contribution < 1.29 is 0 Å². The van der Waals surface area contributed by atoms with Gasteiger partial charge in [0.1, 0.15) is 5.01 Å². The van der Waals surface area contributed by atoms with Crippen molar-refractivity contribution in [1.29, 1.82) is 0 Å². The molecule has 1 atom stereocenters. The highest BCUT2D eigenvalue weighted by atomic mass is 32.1. The third-order valence-corrected chi connectivity index (χ3v) is 4.51. The SMILES string of the molecule is Cc1nc(C2CN(C)CCN2C)sc1CN. The number of hydrogen-bond acceptors (Lipinski definition) is 5. The van der Waals surface area contributed by atoms with Crippen LogP contribution in [0.5, 0.6) is 0 Å². The highest BCUT2D eigenvalue weighted by molar-refractivity contribution is 7.11. The maximum absolute atomic E-state index is 5.70. The van der Waals surface area contributed by atoms with E-state index in [1.165, 1.54) is 9.88 Å².